The van der Waals surface area contributed by atoms with Crippen LogP contribution in [0.15, 0.2) is 54.7 Å². The number of hydrogen-bond acceptors (Lipinski definition) is 12. The molecule has 0 fully saturated rings. The van der Waals surface area contributed by atoms with E-state index in [1.165, 1.54) is 32.5 Å². The molecular formula is C43H71N9O7SW. The van der Waals surface area contributed by atoms with E-state index >= 15 is 0 Å². The molecule has 16 nitrogen and oxygen atoms in total. The summed E-state index contributed by atoms with van der Waals surface area (Å²) in [4.78, 5) is 82.0. The second kappa shape index (κ2) is 30.0. The number of likely N-dealkylation sites (N-methyl/N-ethyl adjacent to an activating group) is 1. The molecule has 0 spiro atoms. The SMILES string of the molecule is CC.CN[C@@H](CSCC[C@H](NC(C)=O)C(C)=O)C(=O)N[C@@H](Cc1ccc(OCCN)cc1)C(=O)N[C@@H](Cc1c[nH]c2ccccc12)C(=O)N[C@@](C)(CCCCN)C(C)=O.N.[3HH].[W]. The number of carbonyl (C=O) groups is 6. The molecule has 0 saturated carbocycles. The molecular weight excluding hydrogens is 970 g/mol. The van der Waals surface area contributed by atoms with Crippen molar-refractivity contribution in [3.63, 3.8) is 0 Å². The van der Waals surface area contributed by atoms with Gasteiger partial charge in [0.1, 0.15) is 24.4 Å². The summed E-state index contributed by atoms with van der Waals surface area (Å²) in [5, 5.41) is 15.3. The summed E-state index contributed by atoms with van der Waals surface area (Å²) < 4.78 is 5.61. The van der Waals surface area contributed by atoms with Crippen molar-refractivity contribution >= 4 is 57.9 Å². The van der Waals surface area contributed by atoms with E-state index in [9.17, 15) is 28.8 Å². The molecule has 2 aromatic carbocycles. The predicted octanol–water partition coefficient (Wildman–Crippen LogP) is 3.09. The van der Waals surface area contributed by atoms with E-state index in [-0.39, 0.29) is 59.0 Å². The van der Waals surface area contributed by atoms with Crippen molar-refractivity contribution in [1.82, 2.24) is 37.7 Å². The van der Waals surface area contributed by atoms with Crippen LogP contribution in [0.4, 0.5) is 0 Å². The van der Waals surface area contributed by atoms with Gasteiger partial charge in [0.15, 0.2) is 11.6 Å². The van der Waals surface area contributed by atoms with Crippen molar-refractivity contribution in [3.05, 3.63) is 65.9 Å². The Morgan fingerprint density at radius 2 is 1.44 bits per heavy atom. The number of rotatable bonds is 26. The van der Waals surface area contributed by atoms with Gasteiger partial charge in [-0.25, -0.2) is 0 Å². The van der Waals surface area contributed by atoms with Crippen LogP contribution in [0.25, 0.3) is 10.9 Å². The minimum Gasteiger partial charge on any atom is -0.492 e. The molecule has 4 amide bonds. The van der Waals surface area contributed by atoms with Gasteiger partial charge < -0.3 is 53.9 Å². The number of nitrogens with two attached hydrogens (primary N) is 2. The number of hydrogen-bond donors (Lipinski definition) is 9. The van der Waals surface area contributed by atoms with E-state index < -0.39 is 47.4 Å². The predicted molar refractivity (Wildman–Crippen MR) is 242 cm³/mol. The second-order valence-corrected chi connectivity index (χ2v) is 15.5. The van der Waals surface area contributed by atoms with Crippen molar-refractivity contribution in [2.45, 2.75) is 110 Å². The Labute approximate surface area is 381 Å². The van der Waals surface area contributed by atoms with Gasteiger partial charge in [-0.05, 0) is 95.1 Å². The first-order valence-corrected chi connectivity index (χ1v) is 21.5. The molecule has 0 bridgehead atoms. The molecule has 18 heteroatoms. The minimum atomic E-state index is -1.19. The molecule has 1 heterocycles. The Balaban J connectivity index is 0. The maximum absolute atomic E-state index is 14.4. The fourth-order valence-corrected chi connectivity index (χ4v) is 7.36. The topological polar surface area (TPSA) is 275 Å². The number of fused-ring (bicyclic) bond motifs is 1. The van der Waals surface area contributed by atoms with Gasteiger partial charge >= 0.3 is 0 Å². The number of unbranched alkanes of at least 4 members (excludes halogenated alkanes) is 1. The van der Waals surface area contributed by atoms with Crippen molar-refractivity contribution in [2.75, 3.05) is 38.2 Å². The average Bonchev–Trinajstić information content (AvgIpc) is 3.62. The molecule has 3 aromatic rings. The van der Waals surface area contributed by atoms with Gasteiger partial charge in [-0.15, -0.1) is 0 Å². The second-order valence-electron chi connectivity index (χ2n) is 14.4. The summed E-state index contributed by atoms with van der Waals surface area (Å²) in [6.07, 6.45) is 4.03. The Kier molecular flexibility index (Phi) is 28.0. The van der Waals surface area contributed by atoms with E-state index in [4.69, 9.17) is 16.2 Å². The number of aromatic nitrogens is 1. The van der Waals surface area contributed by atoms with E-state index in [1.54, 1.807) is 44.4 Å². The standard InChI is InChI=1S/C41H60N8O7S.C2H6.H3N.W.H2/c1-26(50)33(46-28(3)52)16-21-57-25-37(44-5)39(54)47-35(22-29-12-14-31(15-13-29)56-20-19-43)38(53)48-36(23-30-24-45-34-11-7-6-10-32(30)34)40(55)49-41(4,27(2)51)17-8-9-18-42;1-2;;;/h6-7,10-15,24,33,35-37,44-45H,8-9,16-23,25,42-43H2,1-5H3,(H,46,52)(H,47,54)(H,48,53)(H,49,55);1-2H3;1H3;;1H/t33-,35-,36-,37-,41-;;;;/m0..../s1/i;;;;1+2. The van der Waals surface area contributed by atoms with Crippen LogP contribution in [-0.4, -0.2) is 108 Å². The monoisotopic (exact) mass is 1040 g/mol. The first-order chi connectivity index (χ1) is 28.2. The van der Waals surface area contributed by atoms with Crippen LogP contribution in [0.3, 0.4) is 0 Å². The summed E-state index contributed by atoms with van der Waals surface area (Å²) in [7, 11) is 1.64. The van der Waals surface area contributed by atoms with Crippen LogP contribution in [0.5, 0.6) is 5.75 Å². The van der Waals surface area contributed by atoms with Crippen LogP contribution in [-0.2, 0) is 62.7 Å². The van der Waals surface area contributed by atoms with Crippen LogP contribution >= 0.6 is 11.8 Å². The third kappa shape index (κ3) is 19.2. The Hall–Kier alpha value is -4.12. The number of Topliss-reactive ketones (excluding diaryl/α,β-unsaturated/α-hetero) is 2. The van der Waals surface area contributed by atoms with Crippen molar-refractivity contribution in [3.8, 4) is 5.75 Å². The Morgan fingerprint density at radius 1 is 0.820 bits per heavy atom. The average molecular weight is 1040 g/mol. The third-order valence-corrected chi connectivity index (χ3v) is 10.9. The minimum absolute atomic E-state index is 0. The molecule has 0 aliphatic rings. The molecule has 13 N–H and O–H groups in total. The van der Waals surface area contributed by atoms with Crippen LogP contribution in [0, 0.1) is 0 Å². The van der Waals surface area contributed by atoms with Gasteiger partial charge in [0.05, 0.1) is 17.6 Å². The largest absolute Gasteiger partial charge is 0.492 e. The van der Waals surface area contributed by atoms with E-state index in [0.717, 1.165) is 22.0 Å². The van der Waals surface area contributed by atoms with Crippen LogP contribution in [0.1, 0.15) is 79.8 Å². The zero-order chi connectivity index (χ0) is 44.0. The van der Waals surface area contributed by atoms with E-state index in [2.05, 4.69) is 31.6 Å². The maximum Gasteiger partial charge on any atom is 0.243 e. The maximum atomic E-state index is 14.4. The van der Waals surface area contributed by atoms with E-state index in [1.807, 2.05) is 38.1 Å². The molecule has 342 valence electrons. The van der Waals surface area contributed by atoms with E-state index in [0.29, 0.717) is 62.6 Å². The molecule has 0 unspecified atom stereocenters. The summed E-state index contributed by atoms with van der Waals surface area (Å²) in [5.41, 5.74) is 12.5. The number of H-pyrrole nitrogens is 1. The number of aromatic amines is 1. The summed E-state index contributed by atoms with van der Waals surface area (Å²) >= 11 is 1.43. The number of ether oxygens (including phenoxy) is 1. The number of nitrogens with one attached hydrogen (secondary N) is 6. The number of benzene rings is 2. The Bertz CT molecular complexity index is 1820. The summed E-state index contributed by atoms with van der Waals surface area (Å²) in [6, 6.07) is 11.1. The molecule has 61 heavy (non-hydrogen) atoms. The molecule has 0 aliphatic heterocycles. The summed E-state index contributed by atoms with van der Waals surface area (Å²) in [5.74, 6) is -0.858. The van der Waals surface area contributed by atoms with Crippen molar-refractivity contribution in [1.29, 1.82) is 0 Å². The number of carbonyl (C=O) groups excluding carboxylic acids is 6. The molecule has 0 aliphatic carbocycles. The molecule has 0 radical (unpaired) electrons. The molecule has 0 saturated heterocycles. The molecule has 5 atom stereocenters. The van der Waals surface area contributed by atoms with Gasteiger partial charge in [-0.1, -0.05) is 44.2 Å². The molecule has 3 rings (SSSR count). The molecule has 1 aromatic heterocycles. The number of ketones is 2. The fourth-order valence-electron chi connectivity index (χ4n) is 6.24. The summed E-state index contributed by atoms with van der Waals surface area (Å²) in [6.45, 7) is 11.0. The quantitative estimate of drug-likeness (QED) is 0.0525. The first-order valence-electron chi connectivity index (χ1n) is 20.3. The number of thioether (sulfide) groups is 1. The number of amides is 4. The zero-order valence-corrected chi connectivity index (χ0v) is 40.6. The van der Waals surface area contributed by atoms with Gasteiger partial charge in [-0.2, -0.15) is 11.8 Å². The van der Waals surface area contributed by atoms with Crippen molar-refractivity contribution in [2.24, 2.45) is 11.5 Å². The zero-order valence-electron chi connectivity index (χ0n) is 36.8. The van der Waals surface area contributed by atoms with Gasteiger partial charge in [0, 0.05) is 71.7 Å². The normalized spacial score (nSPS) is 13.5. The smallest absolute Gasteiger partial charge is 0.243 e. The third-order valence-electron chi connectivity index (χ3n) is 9.79. The van der Waals surface area contributed by atoms with Gasteiger partial charge in [-0.3, -0.25) is 28.8 Å². The first kappa shape index (κ1) is 56.9. The van der Waals surface area contributed by atoms with Crippen LogP contribution < -0.4 is 48.9 Å². The van der Waals surface area contributed by atoms with Gasteiger partial charge in [0.2, 0.25) is 23.6 Å². The Morgan fingerprint density at radius 3 is 2.02 bits per heavy atom. The van der Waals surface area contributed by atoms with Crippen LogP contribution in [0.2, 0.25) is 0 Å². The van der Waals surface area contributed by atoms with Crippen molar-refractivity contribution < 1.29 is 56.0 Å². The fraction of sp³-hybridized carbons (Fsp3) is 0.535. The number of para-hydroxylation sites is 1. The van der Waals surface area contributed by atoms with Gasteiger partial charge in [0.25, 0.3) is 0 Å².